The monoisotopic (exact) mass is 311 g/mol. The first kappa shape index (κ1) is 16.4. The van der Waals surface area contributed by atoms with Crippen molar-refractivity contribution in [2.45, 2.75) is 6.92 Å². The second kappa shape index (κ2) is 12.4. The van der Waals surface area contributed by atoms with Crippen molar-refractivity contribution >= 4 is 47.0 Å². The van der Waals surface area contributed by atoms with Crippen LogP contribution in [0.2, 0.25) is 0 Å². The van der Waals surface area contributed by atoms with Crippen LogP contribution in [-0.2, 0) is 0 Å². The van der Waals surface area contributed by atoms with Crippen molar-refractivity contribution in [2.75, 3.05) is 65.7 Å². The van der Waals surface area contributed by atoms with Gasteiger partial charge in [0.15, 0.2) is 0 Å². The lowest BCUT2D eigenvalue weighted by Gasteiger charge is -2.19. The Labute approximate surface area is 124 Å². The van der Waals surface area contributed by atoms with E-state index in [9.17, 15) is 0 Å². The Balaban J connectivity index is 2.16. The molecule has 0 bridgehead atoms. The van der Waals surface area contributed by atoms with Crippen molar-refractivity contribution in [3.63, 3.8) is 0 Å². The Kier molecular flexibility index (Phi) is 12.0. The fourth-order valence-corrected chi connectivity index (χ4v) is 6.00. The van der Waals surface area contributed by atoms with Crippen LogP contribution in [0.3, 0.4) is 0 Å². The van der Waals surface area contributed by atoms with Gasteiger partial charge >= 0.3 is 0 Å². The van der Waals surface area contributed by atoms with Gasteiger partial charge in [0, 0.05) is 59.1 Å². The average molecular weight is 312 g/mol. The molecule has 17 heavy (non-hydrogen) atoms. The lowest BCUT2D eigenvalue weighted by Crippen LogP contribution is -2.28. The molecule has 0 unspecified atom stereocenters. The minimum atomic E-state index is 1.21. The molecule has 0 saturated carbocycles. The highest BCUT2D eigenvalue weighted by Gasteiger charge is 2.03. The normalized spacial score (nSPS) is 23.8. The Bertz CT molecular complexity index is 153. The van der Waals surface area contributed by atoms with Gasteiger partial charge in [-0.25, -0.2) is 0 Å². The lowest BCUT2D eigenvalue weighted by atomic mass is 10.5. The molecule has 5 heteroatoms. The zero-order valence-electron chi connectivity index (χ0n) is 10.9. The summed E-state index contributed by atoms with van der Waals surface area (Å²) in [6, 6.07) is 0. The molecule has 0 aromatic heterocycles. The quantitative estimate of drug-likeness (QED) is 0.729. The minimum Gasteiger partial charge on any atom is -0.302 e. The van der Waals surface area contributed by atoms with Crippen LogP contribution in [0.15, 0.2) is 0 Å². The number of hydrogen-bond acceptors (Lipinski definition) is 5. The molecule has 102 valence electrons. The summed E-state index contributed by atoms with van der Waals surface area (Å²) in [5.74, 6) is 10.7. The van der Waals surface area contributed by atoms with E-state index in [-0.39, 0.29) is 0 Å². The molecule has 1 heterocycles. The van der Waals surface area contributed by atoms with Crippen LogP contribution in [-0.4, -0.2) is 70.6 Å². The Morgan fingerprint density at radius 1 is 0.647 bits per heavy atom. The molecular formula is C12H25NS4. The standard InChI is InChI=1S/C12H25NS4/c1-2-13-3-5-14-7-9-16-11-12-17-10-8-15-6-4-13/h2-12H2,1H3. The van der Waals surface area contributed by atoms with Crippen molar-refractivity contribution in [2.24, 2.45) is 0 Å². The highest BCUT2D eigenvalue weighted by molar-refractivity contribution is 8.05. The van der Waals surface area contributed by atoms with Gasteiger partial charge in [-0.15, -0.1) is 0 Å². The average Bonchev–Trinajstić information content (AvgIpc) is 2.36. The Morgan fingerprint density at radius 2 is 1.00 bits per heavy atom. The summed E-state index contributed by atoms with van der Waals surface area (Å²) in [6.45, 7) is 6.06. The van der Waals surface area contributed by atoms with Crippen LogP contribution < -0.4 is 0 Å². The third-order valence-electron chi connectivity index (χ3n) is 2.67. The van der Waals surface area contributed by atoms with Gasteiger partial charge in [-0.3, -0.25) is 0 Å². The van der Waals surface area contributed by atoms with E-state index in [1.807, 2.05) is 0 Å². The van der Waals surface area contributed by atoms with Crippen molar-refractivity contribution in [3.05, 3.63) is 0 Å². The van der Waals surface area contributed by atoms with E-state index in [2.05, 4.69) is 58.9 Å². The summed E-state index contributed by atoms with van der Waals surface area (Å²) < 4.78 is 0. The SMILES string of the molecule is CCN1CCSCCSCCSCCSCC1. The van der Waals surface area contributed by atoms with Crippen LogP contribution in [0.1, 0.15) is 6.92 Å². The van der Waals surface area contributed by atoms with Gasteiger partial charge < -0.3 is 4.90 Å². The molecule has 0 aromatic carbocycles. The zero-order chi connectivity index (χ0) is 12.2. The molecule has 1 fully saturated rings. The summed E-state index contributed by atoms with van der Waals surface area (Å²) in [6.07, 6.45) is 0. The molecule has 1 saturated heterocycles. The van der Waals surface area contributed by atoms with E-state index >= 15 is 0 Å². The van der Waals surface area contributed by atoms with E-state index in [1.165, 1.54) is 65.7 Å². The van der Waals surface area contributed by atoms with Crippen molar-refractivity contribution < 1.29 is 0 Å². The number of hydrogen-bond donors (Lipinski definition) is 0. The first-order valence-electron chi connectivity index (χ1n) is 6.47. The summed E-state index contributed by atoms with van der Waals surface area (Å²) in [7, 11) is 0. The van der Waals surface area contributed by atoms with Gasteiger partial charge in [0.1, 0.15) is 0 Å². The first-order valence-corrected chi connectivity index (χ1v) is 11.1. The van der Waals surface area contributed by atoms with Crippen LogP contribution >= 0.6 is 47.0 Å². The molecule has 0 aliphatic carbocycles. The third-order valence-corrected chi connectivity index (χ3v) is 7.34. The van der Waals surface area contributed by atoms with Crippen molar-refractivity contribution in [3.8, 4) is 0 Å². The molecule has 0 radical (unpaired) electrons. The Morgan fingerprint density at radius 3 is 1.35 bits per heavy atom. The van der Waals surface area contributed by atoms with Crippen molar-refractivity contribution in [1.82, 2.24) is 4.90 Å². The minimum absolute atomic E-state index is 1.21. The summed E-state index contributed by atoms with van der Waals surface area (Å²) in [5.41, 5.74) is 0. The maximum absolute atomic E-state index is 2.60. The third kappa shape index (κ3) is 9.88. The second-order valence-corrected chi connectivity index (χ2v) is 8.78. The van der Waals surface area contributed by atoms with E-state index in [0.29, 0.717) is 0 Å². The molecule has 0 aromatic rings. The summed E-state index contributed by atoms with van der Waals surface area (Å²) >= 11 is 8.51. The van der Waals surface area contributed by atoms with Crippen LogP contribution in [0.4, 0.5) is 0 Å². The van der Waals surface area contributed by atoms with E-state index in [1.54, 1.807) is 0 Å². The smallest absolute Gasteiger partial charge is 0.00726 e. The van der Waals surface area contributed by atoms with Gasteiger partial charge in [0.2, 0.25) is 0 Å². The van der Waals surface area contributed by atoms with Gasteiger partial charge in [0.05, 0.1) is 0 Å². The molecule has 0 spiro atoms. The highest BCUT2D eigenvalue weighted by Crippen LogP contribution is 2.13. The van der Waals surface area contributed by atoms with Gasteiger partial charge in [-0.1, -0.05) is 6.92 Å². The maximum atomic E-state index is 2.60. The van der Waals surface area contributed by atoms with Gasteiger partial charge in [-0.05, 0) is 6.54 Å². The molecule has 1 aliphatic rings. The predicted octanol–water partition coefficient (Wildman–Crippen LogP) is 3.25. The van der Waals surface area contributed by atoms with E-state index in [4.69, 9.17) is 0 Å². The number of thioether (sulfide) groups is 4. The zero-order valence-corrected chi connectivity index (χ0v) is 14.1. The van der Waals surface area contributed by atoms with E-state index in [0.717, 1.165) is 0 Å². The molecule has 1 rings (SSSR count). The Hall–Kier alpha value is 1.36. The maximum Gasteiger partial charge on any atom is 0.00726 e. The molecule has 0 amide bonds. The fourth-order valence-electron chi connectivity index (χ4n) is 1.58. The molecule has 1 nitrogen and oxygen atoms in total. The largest absolute Gasteiger partial charge is 0.302 e. The molecule has 0 N–H and O–H groups in total. The molecule has 0 atom stereocenters. The summed E-state index contributed by atoms with van der Waals surface area (Å²) in [4.78, 5) is 2.60. The number of rotatable bonds is 1. The predicted molar refractivity (Wildman–Crippen MR) is 91.4 cm³/mol. The van der Waals surface area contributed by atoms with E-state index < -0.39 is 0 Å². The van der Waals surface area contributed by atoms with Crippen LogP contribution in [0.5, 0.6) is 0 Å². The van der Waals surface area contributed by atoms with Crippen LogP contribution in [0, 0.1) is 0 Å². The molecular weight excluding hydrogens is 286 g/mol. The van der Waals surface area contributed by atoms with Gasteiger partial charge in [-0.2, -0.15) is 47.0 Å². The van der Waals surface area contributed by atoms with Crippen molar-refractivity contribution in [1.29, 1.82) is 0 Å². The first-order chi connectivity index (χ1) is 8.43. The van der Waals surface area contributed by atoms with Crippen LogP contribution in [0.25, 0.3) is 0 Å². The fraction of sp³-hybridized carbons (Fsp3) is 1.00. The summed E-state index contributed by atoms with van der Waals surface area (Å²) in [5, 5.41) is 0. The molecule has 1 aliphatic heterocycles. The number of nitrogens with zero attached hydrogens (tertiary/aromatic N) is 1. The van der Waals surface area contributed by atoms with Gasteiger partial charge in [0.25, 0.3) is 0 Å². The second-order valence-electron chi connectivity index (χ2n) is 3.88. The highest BCUT2D eigenvalue weighted by atomic mass is 32.2. The topological polar surface area (TPSA) is 3.24 Å². The lowest BCUT2D eigenvalue weighted by molar-refractivity contribution is 0.326.